The fourth-order valence-electron chi connectivity index (χ4n) is 4.82. The summed E-state index contributed by atoms with van der Waals surface area (Å²) in [5.41, 5.74) is 1.66. The molecule has 0 aromatic heterocycles. The molecule has 0 N–H and O–H groups in total. The molecule has 0 aliphatic carbocycles. The first-order chi connectivity index (χ1) is 17.9. The molecule has 0 bridgehead atoms. The minimum absolute atomic E-state index is 0.100. The first kappa shape index (κ1) is 27.3. The maximum Gasteiger partial charge on any atom is 0.166 e. The quantitative estimate of drug-likeness (QED) is 0.199. The van der Waals surface area contributed by atoms with Crippen molar-refractivity contribution >= 4 is 0 Å². The van der Waals surface area contributed by atoms with E-state index in [0.717, 1.165) is 19.3 Å². The Labute approximate surface area is 216 Å². The number of ether oxygens (including phenoxy) is 2. The topological polar surface area (TPSA) is 18.5 Å². The predicted molar refractivity (Wildman–Crippen MR) is 138 cm³/mol. The first-order valence-electron chi connectivity index (χ1n) is 13.2. The summed E-state index contributed by atoms with van der Waals surface area (Å²) in [6, 6.07) is 12.5. The maximum absolute atomic E-state index is 15.1. The lowest BCUT2D eigenvalue weighted by molar-refractivity contribution is -0.190. The summed E-state index contributed by atoms with van der Waals surface area (Å²) in [4.78, 5) is 0. The molecule has 1 saturated heterocycles. The summed E-state index contributed by atoms with van der Waals surface area (Å²) < 4.78 is 70.5. The van der Waals surface area contributed by atoms with Crippen LogP contribution in [0.5, 0.6) is 0 Å². The zero-order chi connectivity index (χ0) is 26.4. The normalized spacial score (nSPS) is 17.8. The van der Waals surface area contributed by atoms with Crippen molar-refractivity contribution in [2.75, 3.05) is 13.2 Å². The Balaban J connectivity index is 1.43. The van der Waals surface area contributed by atoms with Gasteiger partial charge in [0.25, 0.3) is 0 Å². The summed E-state index contributed by atoms with van der Waals surface area (Å²) in [6.07, 6.45) is 6.69. The van der Waals surface area contributed by atoms with Gasteiger partial charge in [-0.1, -0.05) is 88.1 Å². The lowest BCUT2D eigenvalue weighted by atomic mass is 9.94. The molecule has 1 aliphatic heterocycles. The lowest BCUT2D eigenvalue weighted by Crippen LogP contribution is -2.31. The molecule has 198 valence electrons. The van der Waals surface area contributed by atoms with Gasteiger partial charge in [-0.25, -0.2) is 17.6 Å². The second kappa shape index (κ2) is 12.7. The summed E-state index contributed by atoms with van der Waals surface area (Å²) >= 11 is 0. The summed E-state index contributed by atoms with van der Waals surface area (Å²) in [7, 11) is 0. The molecule has 1 aliphatic rings. The fraction of sp³-hybridized carbons (Fsp3) is 0.419. The molecular weight excluding hydrogens is 480 g/mol. The number of benzene rings is 3. The van der Waals surface area contributed by atoms with Crippen LogP contribution in [-0.4, -0.2) is 19.5 Å². The molecule has 0 unspecified atom stereocenters. The van der Waals surface area contributed by atoms with E-state index in [9.17, 15) is 8.78 Å². The van der Waals surface area contributed by atoms with Gasteiger partial charge in [0.1, 0.15) is 0 Å². The highest BCUT2D eigenvalue weighted by Crippen LogP contribution is 2.34. The Morgan fingerprint density at radius 3 is 1.81 bits per heavy atom. The minimum atomic E-state index is -0.951. The number of unbranched alkanes of at least 4 members (excludes halogenated alkanes) is 4. The van der Waals surface area contributed by atoms with Crippen LogP contribution in [0.4, 0.5) is 17.6 Å². The van der Waals surface area contributed by atoms with E-state index in [0.29, 0.717) is 23.1 Å². The molecule has 3 aromatic carbocycles. The first-order valence-corrected chi connectivity index (χ1v) is 13.2. The average Bonchev–Trinajstić information content (AvgIpc) is 2.92. The van der Waals surface area contributed by atoms with Crippen molar-refractivity contribution in [2.45, 2.75) is 71.0 Å². The van der Waals surface area contributed by atoms with Crippen LogP contribution >= 0.6 is 0 Å². The molecular formula is C31H34F4O2. The predicted octanol–water partition coefficient (Wildman–Crippen LogP) is 8.96. The number of rotatable bonds is 10. The lowest BCUT2D eigenvalue weighted by Gasteiger charge is -2.30. The van der Waals surface area contributed by atoms with Gasteiger partial charge in [-0.2, -0.15) is 0 Å². The van der Waals surface area contributed by atoms with Crippen LogP contribution in [0.1, 0.15) is 69.4 Å². The molecule has 4 rings (SSSR count). The van der Waals surface area contributed by atoms with Gasteiger partial charge in [0.05, 0.1) is 13.2 Å². The van der Waals surface area contributed by atoms with Gasteiger partial charge in [-0.05, 0) is 41.5 Å². The molecule has 0 spiro atoms. The zero-order valence-corrected chi connectivity index (χ0v) is 21.5. The summed E-state index contributed by atoms with van der Waals surface area (Å²) in [6.45, 7) is 4.50. The Hall–Kier alpha value is -2.70. The van der Waals surface area contributed by atoms with Crippen LogP contribution in [0.2, 0.25) is 0 Å². The van der Waals surface area contributed by atoms with E-state index in [-0.39, 0.29) is 42.1 Å². The van der Waals surface area contributed by atoms with E-state index < -0.39 is 23.3 Å². The SMILES string of the molecule is CCCCCCCC1OCC(c2ccc(-c3ccc(-c4ccc(CC)c(F)c4F)cc3)c(F)c2F)CO1. The molecule has 6 heteroatoms. The van der Waals surface area contributed by atoms with Crippen LogP contribution in [0.15, 0.2) is 48.5 Å². The third-order valence-electron chi connectivity index (χ3n) is 7.11. The molecule has 3 aromatic rings. The Morgan fingerprint density at radius 2 is 1.22 bits per heavy atom. The smallest absolute Gasteiger partial charge is 0.166 e. The molecule has 0 radical (unpaired) electrons. The highest BCUT2D eigenvalue weighted by atomic mass is 19.2. The van der Waals surface area contributed by atoms with Gasteiger partial charge in [0.2, 0.25) is 0 Å². The van der Waals surface area contributed by atoms with E-state index >= 15 is 8.78 Å². The molecule has 0 saturated carbocycles. The molecule has 0 amide bonds. The van der Waals surface area contributed by atoms with Crippen LogP contribution in [0.25, 0.3) is 22.3 Å². The van der Waals surface area contributed by atoms with Crippen molar-refractivity contribution in [2.24, 2.45) is 0 Å². The fourth-order valence-corrected chi connectivity index (χ4v) is 4.82. The molecule has 2 nitrogen and oxygen atoms in total. The largest absolute Gasteiger partial charge is 0.352 e. The van der Waals surface area contributed by atoms with Crippen molar-refractivity contribution in [1.29, 1.82) is 0 Å². The van der Waals surface area contributed by atoms with E-state index in [1.165, 1.54) is 25.3 Å². The van der Waals surface area contributed by atoms with Crippen LogP contribution < -0.4 is 0 Å². The van der Waals surface area contributed by atoms with E-state index in [1.807, 2.05) is 0 Å². The van der Waals surface area contributed by atoms with Crippen molar-refractivity contribution in [3.8, 4) is 22.3 Å². The molecule has 1 fully saturated rings. The summed E-state index contributed by atoms with van der Waals surface area (Å²) in [5, 5.41) is 0. The van der Waals surface area contributed by atoms with Gasteiger partial charge in [0, 0.05) is 17.0 Å². The second-order valence-corrected chi connectivity index (χ2v) is 9.66. The van der Waals surface area contributed by atoms with E-state index in [4.69, 9.17) is 9.47 Å². The van der Waals surface area contributed by atoms with Gasteiger partial charge in [-0.15, -0.1) is 0 Å². The maximum atomic E-state index is 15.1. The molecule has 37 heavy (non-hydrogen) atoms. The van der Waals surface area contributed by atoms with Crippen molar-refractivity contribution < 1.29 is 27.0 Å². The van der Waals surface area contributed by atoms with Crippen LogP contribution in [0, 0.1) is 23.3 Å². The number of aryl methyl sites for hydroxylation is 1. The van der Waals surface area contributed by atoms with Crippen LogP contribution in [-0.2, 0) is 15.9 Å². The molecule has 1 heterocycles. The van der Waals surface area contributed by atoms with Crippen molar-refractivity contribution in [1.82, 2.24) is 0 Å². The average molecular weight is 515 g/mol. The third kappa shape index (κ3) is 6.24. The summed E-state index contributed by atoms with van der Waals surface area (Å²) in [5.74, 6) is -4.02. The van der Waals surface area contributed by atoms with Gasteiger partial charge >= 0.3 is 0 Å². The Bertz CT molecular complexity index is 1180. The minimum Gasteiger partial charge on any atom is -0.352 e. The number of halogens is 4. The van der Waals surface area contributed by atoms with Gasteiger partial charge < -0.3 is 9.47 Å². The van der Waals surface area contributed by atoms with E-state index in [1.54, 1.807) is 49.4 Å². The Kier molecular flexibility index (Phi) is 9.38. The van der Waals surface area contributed by atoms with Crippen molar-refractivity contribution in [3.05, 3.63) is 82.9 Å². The second-order valence-electron chi connectivity index (χ2n) is 9.66. The van der Waals surface area contributed by atoms with Gasteiger partial charge in [-0.3, -0.25) is 0 Å². The van der Waals surface area contributed by atoms with Gasteiger partial charge in [0.15, 0.2) is 29.6 Å². The highest BCUT2D eigenvalue weighted by Gasteiger charge is 2.27. The monoisotopic (exact) mass is 514 g/mol. The molecule has 0 atom stereocenters. The standard InChI is InChI=1S/C31H34F4O2/c1-3-5-6-7-8-9-27-36-18-23(19-37-27)26-17-16-25(30(34)31(26)35)22-12-10-21(11-13-22)24-15-14-20(4-2)28(32)29(24)33/h10-17,23,27H,3-9,18-19H2,1-2H3. The highest BCUT2D eigenvalue weighted by molar-refractivity contribution is 5.71. The van der Waals surface area contributed by atoms with Crippen LogP contribution in [0.3, 0.4) is 0 Å². The number of hydrogen-bond acceptors (Lipinski definition) is 2. The zero-order valence-electron chi connectivity index (χ0n) is 21.5. The van der Waals surface area contributed by atoms with Crippen molar-refractivity contribution in [3.63, 3.8) is 0 Å². The third-order valence-corrected chi connectivity index (χ3v) is 7.11. The van der Waals surface area contributed by atoms with E-state index in [2.05, 4.69) is 6.92 Å². The Morgan fingerprint density at radius 1 is 0.649 bits per heavy atom. The number of hydrogen-bond donors (Lipinski definition) is 0.